The zero-order valence-electron chi connectivity index (χ0n) is 14.8. The van der Waals surface area contributed by atoms with Crippen LogP contribution in [0.25, 0.3) is 0 Å². The highest BCUT2D eigenvalue weighted by atomic mass is 16.4. The maximum Gasteiger partial charge on any atom is 0.303 e. The van der Waals surface area contributed by atoms with E-state index in [0.717, 1.165) is 64.2 Å². The monoisotopic (exact) mass is 338 g/mol. The molecule has 4 heteroatoms. The second-order valence-electron chi connectivity index (χ2n) is 6.90. The zero-order valence-corrected chi connectivity index (χ0v) is 14.8. The maximum atomic E-state index is 10.8. The van der Waals surface area contributed by atoms with Gasteiger partial charge in [-0.05, 0) is 63.7 Å². The molecule has 0 saturated heterocycles. The molecule has 0 bridgehead atoms. The van der Waals surface area contributed by atoms with Gasteiger partial charge in [0, 0.05) is 13.0 Å². The molecule has 1 rings (SSSR count). The normalized spacial score (nSPS) is 24.3. The molecule has 0 aliphatic heterocycles. The number of rotatable bonds is 13. The molecule has 0 unspecified atom stereocenters. The summed E-state index contributed by atoms with van der Waals surface area (Å²) in [6, 6.07) is 0. The van der Waals surface area contributed by atoms with Crippen LogP contribution in [0.3, 0.4) is 0 Å². The Labute approximate surface area is 146 Å². The fourth-order valence-electron chi connectivity index (χ4n) is 3.39. The van der Waals surface area contributed by atoms with Gasteiger partial charge in [0.1, 0.15) is 0 Å². The van der Waals surface area contributed by atoms with Gasteiger partial charge in [-0.3, -0.25) is 4.79 Å². The first-order valence-corrected chi connectivity index (χ1v) is 9.46. The maximum absolute atomic E-state index is 10.8. The smallest absolute Gasteiger partial charge is 0.303 e. The van der Waals surface area contributed by atoms with Gasteiger partial charge in [0.25, 0.3) is 0 Å². The Morgan fingerprint density at radius 2 is 1.79 bits per heavy atom. The van der Waals surface area contributed by atoms with E-state index >= 15 is 0 Å². The lowest BCUT2D eigenvalue weighted by Gasteiger charge is -2.26. The third-order valence-corrected chi connectivity index (χ3v) is 4.87. The number of carbonyl (C=O) groups is 1. The molecular formula is C20H34O4. The fourth-order valence-corrected chi connectivity index (χ4v) is 3.39. The summed E-state index contributed by atoms with van der Waals surface area (Å²) in [6.45, 7) is 0.279. The van der Waals surface area contributed by atoms with E-state index in [4.69, 9.17) is 10.2 Å². The molecular weight excluding hydrogens is 304 g/mol. The number of allylic oxidation sites excluding steroid dienone is 3. The summed E-state index contributed by atoms with van der Waals surface area (Å²) >= 11 is 0. The van der Waals surface area contributed by atoms with Gasteiger partial charge in [-0.1, -0.05) is 37.1 Å². The van der Waals surface area contributed by atoms with Gasteiger partial charge < -0.3 is 15.3 Å². The zero-order chi connectivity index (χ0) is 17.7. The van der Waals surface area contributed by atoms with Crippen molar-refractivity contribution in [2.45, 2.75) is 82.7 Å². The molecule has 24 heavy (non-hydrogen) atoms. The Balaban J connectivity index is 2.26. The molecule has 0 radical (unpaired) electrons. The summed E-state index contributed by atoms with van der Waals surface area (Å²) in [5.41, 5.74) is -0.670. The van der Waals surface area contributed by atoms with E-state index in [0.29, 0.717) is 6.42 Å². The van der Waals surface area contributed by atoms with Crippen LogP contribution in [0.2, 0.25) is 0 Å². The van der Waals surface area contributed by atoms with Crippen molar-refractivity contribution in [3.8, 4) is 0 Å². The van der Waals surface area contributed by atoms with Crippen molar-refractivity contribution in [1.29, 1.82) is 0 Å². The highest BCUT2D eigenvalue weighted by Gasteiger charge is 2.37. The summed E-state index contributed by atoms with van der Waals surface area (Å²) in [5, 5.41) is 28.2. The van der Waals surface area contributed by atoms with Crippen LogP contribution in [0.1, 0.15) is 77.0 Å². The SMILES string of the molecule is O=C(O)CCCC=CC[C@@H]1CCC[C@]1(O)C=CCCCCCCO. The Bertz CT molecular complexity index is 402. The van der Waals surface area contributed by atoms with E-state index in [9.17, 15) is 9.90 Å². The van der Waals surface area contributed by atoms with Crippen LogP contribution in [-0.2, 0) is 4.79 Å². The van der Waals surface area contributed by atoms with Crippen LogP contribution in [-0.4, -0.2) is 33.5 Å². The van der Waals surface area contributed by atoms with Crippen LogP contribution in [0.5, 0.6) is 0 Å². The molecule has 2 atom stereocenters. The Hall–Kier alpha value is -1.13. The molecule has 0 aromatic heterocycles. The molecule has 138 valence electrons. The lowest BCUT2D eigenvalue weighted by atomic mass is 9.87. The summed E-state index contributed by atoms with van der Waals surface area (Å²) in [5.74, 6) is -0.464. The predicted octanol–water partition coefficient (Wildman–Crippen LogP) is 4.22. The molecule has 0 spiro atoms. The Morgan fingerprint density at radius 3 is 2.54 bits per heavy atom. The van der Waals surface area contributed by atoms with Crippen LogP contribution in [0.15, 0.2) is 24.3 Å². The highest BCUT2D eigenvalue weighted by Crippen LogP contribution is 2.39. The number of aliphatic hydroxyl groups is 2. The molecule has 4 nitrogen and oxygen atoms in total. The summed E-state index contributed by atoms with van der Waals surface area (Å²) < 4.78 is 0. The molecule has 1 fully saturated rings. The Kier molecular flexibility index (Phi) is 10.7. The minimum absolute atomic E-state index is 0.221. The van der Waals surface area contributed by atoms with E-state index in [1.807, 2.05) is 12.2 Å². The number of hydrogen-bond acceptors (Lipinski definition) is 3. The van der Waals surface area contributed by atoms with Crippen molar-refractivity contribution >= 4 is 5.97 Å². The highest BCUT2D eigenvalue weighted by molar-refractivity contribution is 5.66. The van der Waals surface area contributed by atoms with Crippen molar-refractivity contribution in [2.75, 3.05) is 6.61 Å². The average Bonchev–Trinajstić information content (AvgIpc) is 2.91. The summed E-state index contributed by atoms with van der Waals surface area (Å²) in [4.78, 5) is 10.4. The molecule has 0 aromatic carbocycles. The lowest BCUT2D eigenvalue weighted by molar-refractivity contribution is -0.137. The lowest BCUT2D eigenvalue weighted by Crippen LogP contribution is -2.30. The first kappa shape index (κ1) is 20.9. The van der Waals surface area contributed by atoms with Gasteiger partial charge in [-0.15, -0.1) is 0 Å². The van der Waals surface area contributed by atoms with E-state index in [2.05, 4.69) is 12.2 Å². The molecule has 3 N–H and O–H groups in total. The first-order chi connectivity index (χ1) is 11.6. The third kappa shape index (κ3) is 8.65. The van der Waals surface area contributed by atoms with Crippen LogP contribution in [0, 0.1) is 5.92 Å². The number of aliphatic carboxylic acids is 1. The van der Waals surface area contributed by atoms with Gasteiger partial charge in [0.05, 0.1) is 5.60 Å². The summed E-state index contributed by atoms with van der Waals surface area (Å²) in [7, 11) is 0. The van der Waals surface area contributed by atoms with Crippen molar-refractivity contribution in [1.82, 2.24) is 0 Å². The second-order valence-corrected chi connectivity index (χ2v) is 6.90. The molecule has 1 saturated carbocycles. The molecule has 0 amide bonds. The number of aliphatic hydroxyl groups excluding tert-OH is 1. The van der Waals surface area contributed by atoms with Crippen molar-refractivity contribution < 1.29 is 20.1 Å². The first-order valence-electron chi connectivity index (χ1n) is 9.46. The topological polar surface area (TPSA) is 77.8 Å². The molecule has 0 aromatic rings. The second kappa shape index (κ2) is 12.3. The quantitative estimate of drug-likeness (QED) is 0.347. The van der Waals surface area contributed by atoms with E-state index in [-0.39, 0.29) is 18.9 Å². The minimum Gasteiger partial charge on any atom is -0.481 e. The number of unbranched alkanes of at least 4 members (excludes halogenated alkanes) is 5. The van der Waals surface area contributed by atoms with Gasteiger partial charge in [-0.25, -0.2) is 0 Å². The van der Waals surface area contributed by atoms with Crippen LogP contribution in [0.4, 0.5) is 0 Å². The van der Waals surface area contributed by atoms with E-state index < -0.39 is 11.6 Å². The molecule has 1 aliphatic rings. The van der Waals surface area contributed by atoms with Gasteiger partial charge in [-0.2, -0.15) is 0 Å². The average molecular weight is 338 g/mol. The number of carboxylic acids is 1. The van der Waals surface area contributed by atoms with Crippen molar-refractivity contribution in [3.63, 3.8) is 0 Å². The van der Waals surface area contributed by atoms with Crippen molar-refractivity contribution in [2.24, 2.45) is 5.92 Å². The van der Waals surface area contributed by atoms with Gasteiger partial charge in [0.15, 0.2) is 0 Å². The Morgan fingerprint density at radius 1 is 1.04 bits per heavy atom. The number of hydrogen-bond donors (Lipinski definition) is 3. The summed E-state index contributed by atoms with van der Waals surface area (Å²) in [6.07, 6.45) is 19.0. The van der Waals surface area contributed by atoms with Crippen molar-refractivity contribution in [3.05, 3.63) is 24.3 Å². The van der Waals surface area contributed by atoms with E-state index in [1.54, 1.807) is 0 Å². The van der Waals surface area contributed by atoms with Gasteiger partial charge in [0.2, 0.25) is 0 Å². The van der Waals surface area contributed by atoms with Crippen LogP contribution < -0.4 is 0 Å². The molecule has 1 aliphatic carbocycles. The largest absolute Gasteiger partial charge is 0.481 e. The van der Waals surface area contributed by atoms with Gasteiger partial charge >= 0.3 is 5.97 Å². The molecule has 0 heterocycles. The minimum atomic E-state index is -0.741. The fraction of sp³-hybridized carbons (Fsp3) is 0.750. The predicted molar refractivity (Wildman–Crippen MR) is 96.8 cm³/mol. The number of carboxylic acid groups (broad SMARTS) is 1. The van der Waals surface area contributed by atoms with E-state index in [1.165, 1.54) is 0 Å². The standard InChI is InChI=1S/C20H34O4/c21-17-10-6-2-1-5-9-15-20(24)16-11-13-18(20)12-7-3-4-8-14-19(22)23/h3,7,9,15,18,21,24H,1-2,4-6,8,10-14,16-17H2,(H,22,23)/t18-,20-/m1/s1. The van der Waals surface area contributed by atoms with Crippen LogP contribution >= 0.6 is 0 Å². The third-order valence-electron chi connectivity index (χ3n) is 4.87.